The lowest BCUT2D eigenvalue weighted by Crippen LogP contribution is -2.65. The molecule has 0 spiro atoms. The summed E-state index contributed by atoms with van der Waals surface area (Å²) in [5.74, 6) is -27.0. The molecule has 19 heteroatoms. The summed E-state index contributed by atoms with van der Waals surface area (Å²) in [7, 11) is -7.40. The van der Waals surface area contributed by atoms with E-state index in [-0.39, 0.29) is 0 Å². The van der Waals surface area contributed by atoms with Gasteiger partial charge in [-0.3, -0.25) is 4.55 Å². The van der Waals surface area contributed by atoms with Gasteiger partial charge >= 0.3 is 45.4 Å². The first-order valence-corrected chi connectivity index (χ1v) is 6.78. The summed E-state index contributed by atoms with van der Waals surface area (Å²) in [6.07, 6.45) is -17.3. The summed E-state index contributed by atoms with van der Waals surface area (Å²) in [6, 6.07) is 0. The Morgan fingerprint density at radius 3 is 1.44 bits per heavy atom. The molecule has 0 rings (SSSR count). The van der Waals surface area contributed by atoms with Crippen LogP contribution in [0.5, 0.6) is 0 Å². The summed E-state index contributed by atoms with van der Waals surface area (Å²) in [4.78, 5) is 0. The maximum Gasteiger partial charge on any atom is 0.460 e. The zero-order chi connectivity index (χ0) is 22.5. The van der Waals surface area contributed by atoms with Crippen molar-refractivity contribution in [2.75, 3.05) is 0 Å². The number of hydrogen-bond donors (Lipinski definition) is 1. The first kappa shape index (κ1) is 25.6. The minimum Gasteiger partial charge on any atom is -0.281 e. The molecule has 0 aliphatic carbocycles. The Hall–Kier alpha value is -1.37. The highest BCUT2D eigenvalue weighted by molar-refractivity contribution is 7.86. The van der Waals surface area contributed by atoms with E-state index in [1.165, 1.54) is 4.74 Å². The molecule has 0 saturated carbocycles. The second-order valence-corrected chi connectivity index (χ2v) is 5.77. The number of alkyl halides is 12. The predicted molar refractivity (Wildman–Crippen MR) is 52.6 cm³/mol. The van der Waals surface area contributed by atoms with Gasteiger partial charge in [0.15, 0.2) is 0 Å². The van der Waals surface area contributed by atoms with Gasteiger partial charge in [0, 0.05) is 0 Å². The molecular weight excluding hydrogens is 458 g/mol. The van der Waals surface area contributed by atoms with E-state index in [4.69, 9.17) is 4.55 Å². The zero-order valence-corrected chi connectivity index (χ0v) is 12.3. The van der Waals surface area contributed by atoms with E-state index < -0.39 is 57.5 Å². The molecule has 0 unspecified atom stereocenters. The van der Waals surface area contributed by atoms with E-state index in [1.54, 1.807) is 0 Å². The number of ether oxygens (including phenoxy) is 1. The van der Waals surface area contributed by atoms with Crippen LogP contribution >= 0.6 is 0 Å². The van der Waals surface area contributed by atoms with Gasteiger partial charge in [-0.2, -0.15) is 61.1 Å². The van der Waals surface area contributed by atoms with Crippen molar-refractivity contribution in [2.45, 2.75) is 35.2 Å². The lowest BCUT2D eigenvalue weighted by molar-refractivity contribution is -0.487. The third-order valence-corrected chi connectivity index (χ3v) is 3.35. The van der Waals surface area contributed by atoms with Gasteiger partial charge in [-0.05, 0) is 0 Å². The van der Waals surface area contributed by atoms with Crippen molar-refractivity contribution < 1.29 is 79.2 Å². The van der Waals surface area contributed by atoms with Gasteiger partial charge in [0.25, 0.3) is 0 Å². The Morgan fingerprint density at radius 2 is 1.15 bits per heavy atom. The molecule has 0 atom stereocenters. The molecule has 4 nitrogen and oxygen atoms in total. The van der Waals surface area contributed by atoms with Gasteiger partial charge in [-0.25, -0.2) is 13.5 Å². The van der Waals surface area contributed by atoms with Crippen molar-refractivity contribution in [1.29, 1.82) is 0 Å². The fourth-order valence-corrected chi connectivity index (χ4v) is 1.38. The molecule has 1 N–H and O–H groups in total. The summed E-state index contributed by atoms with van der Waals surface area (Å²) in [5, 5.41) is -7.17. The van der Waals surface area contributed by atoms with Crippen LogP contribution in [0.2, 0.25) is 0 Å². The number of halogens is 14. The Labute approximate surface area is 138 Å². The van der Waals surface area contributed by atoms with E-state index in [1.807, 2.05) is 0 Å². The van der Waals surface area contributed by atoms with Gasteiger partial charge in [0.2, 0.25) is 5.83 Å². The van der Waals surface area contributed by atoms with E-state index in [0.717, 1.165) is 0 Å². The van der Waals surface area contributed by atoms with Crippen molar-refractivity contribution in [3.05, 3.63) is 12.2 Å². The molecule has 0 radical (unpaired) electrons. The normalized spacial score (nSPS) is 16.6. The van der Waals surface area contributed by atoms with Gasteiger partial charge in [0.1, 0.15) is 6.33 Å². The SMILES string of the molecule is O=S(=O)(O)C(F)(F)C(F)(F)OC(F)(F)C(F)(F)C(F)(F)C(F)(F)C(F)=CF. The first-order chi connectivity index (χ1) is 11.4. The van der Waals surface area contributed by atoms with Crippen LogP contribution in [0.4, 0.5) is 61.5 Å². The van der Waals surface area contributed by atoms with Crippen LogP contribution in [-0.2, 0) is 14.9 Å². The molecule has 0 aromatic rings. The van der Waals surface area contributed by atoms with Crippen molar-refractivity contribution in [3.63, 3.8) is 0 Å². The predicted octanol–water partition coefficient (Wildman–Crippen LogP) is 4.36. The van der Waals surface area contributed by atoms with Gasteiger partial charge < -0.3 is 0 Å². The van der Waals surface area contributed by atoms with Gasteiger partial charge in [0.05, 0.1) is 0 Å². The molecule has 0 heterocycles. The summed E-state index contributed by atoms with van der Waals surface area (Å²) in [6.45, 7) is 0. The largest absolute Gasteiger partial charge is 0.460 e. The van der Waals surface area contributed by atoms with Crippen molar-refractivity contribution in [2.24, 2.45) is 0 Å². The van der Waals surface area contributed by atoms with E-state index in [2.05, 4.69) is 0 Å². The quantitative estimate of drug-likeness (QED) is 0.432. The molecule has 0 fully saturated rings. The van der Waals surface area contributed by atoms with Gasteiger partial charge in [-0.15, -0.1) is 0 Å². The van der Waals surface area contributed by atoms with E-state index in [0.29, 0.717) is 0 Å². The Kier molecular flexibility index (Phi) is 6.27. The second-order valence-electron chi connectivity index (χ2n) is 4.31. The van der Waals surface area contributed by atoms with Crippen LogP contribution in [0.3, 0.4) is 0 Å². The lowest BCUT2D eigenvalue weighted by atomic mass is 10.0. The first-order valence-electron chi connectivity index (χ1n) is 5.34. The fraction of sp³-hybridized carbons (Fsp3) is 0.750. The smallest absolute Gasteiger partial charge is 0.281 e. The van der Waals surface area contributed by atoms with Crippen LogP contribution in [0, 0.1) is 0 Å². The van der Waals surface area contributed by atoms with Crippen molar-refractivity contribution >= 4 is 10.1 Å². The monoisotopic (exact) mass is 460 g/mol. The average molecular weight is 460 g/mol. The molecule has 0 saturated heterocycles. The molecule has 0 aromatic heterocycles. The van der Waals surface area contributed by atoms with Crippen LogP contribution < -0.4 is 0 Å². The minimum atomic E-state index is -7.97. The molecule has 0 amide bonds. The van der Waals surface area contributed by atoms with E-state index in [9.17, 15) is 69.9 Å². The topological polar surface area (TPSA) is 63.6 Å². The van der Waals surface area contributed by atoms with Crippen LogP contribution in [0.1, 0.15) is 0 Å². The maximum absolute atomic E-state index is 13.0. The van der Waals surface area contributed by atoms with Crippen LogP contribution in [-0.4, -0.2) is 48.2 Å². The van der Waals surface area contributed by atoms with Crippen LogP contribution in [0.15, 0.2) is 12.2 Å². The standard InChI is InChI=1S/C8H2F14O4S/c9-1-2(10)3(11,12)4(13,14)5(15,16)6(17,18)26-7(19,20)8(21,22)27(23,24)25/h1H,(H,23,24,25). The molecule has 0 aliphatic rings. The van der Waals surface area contributed by atoms with Crippen molar-refractivity contribution in [1.82, 2.24) is 0 Å². The Morgan fingerprint density at radius 1 is 0.778 bits per heavy atom. The van der Waals surface area contributed by atoms with E-state index >= 15 is 0 Å². The number of allylic oxidation sites excluding steroid dienone is 1. The van der Waals surface area contributed by atoms with Gasteiger partial charge in [-0.1, -0.05) is 0 Å². The molecule has 0 bridgehead atoms. The number of hydrogen-bond acceptors (Lipinski definition) is 3. The Balaban J connectivity index is 6.29. The average Bonchev–Trinajstić information content (AvgIpc) is 2.42. The van der Waals surface area contributed by atoms with Crippen molar-refractivity contribution in [3.8, 4) is 0 Å². The number of rotatable bonds is 8. The molecule has 162 valence electrons. The Bertz CT molecular complexity index is 696. The lowest BCUT2D eigenvalue weighted by Gasteiger charge is -2.37. The van der Waals surface area contributed by atoms with Crippen LogP contribution in [0.25, 0.3) is 0 Å². The molecule has 0 aliphatic heterocycles. The third-order valence-electron chi connectivity index (χ3n) is 2.47. The second kappa shape index (κ2) is 6.61. The maximum atomic E-state index is 13.0. The highest BCUT2D eigenvalue weighted by atomic mass is 32.2. The molecule has 27 heavy (non-hydrogen) atoms. The molecule has 0 aromatic carbocycles. The summed E-state index contributed by atoms with van der Waals surface area (Å²) >= 11 is 0. The third kappa shape index (κ3) is 3.80. The highest BCUT2D eigenvalue weighted by Gasteiger charge is 2.85. The minimum absolute atomic E-state index is 1.32. The summed E-state index contributed by atoms with van der Waals surface area (Å²) in [5.41, 5.74) is 0. The fourth-order valence-electron chi connectivity index (χ4n) is 1.03. The highest BCUT2D eigenvalue weighted by Crippen LogP contribution is 2.57. The summed E-state index contributed by atoms with van der Waals surface area (Å²) < 4.78 is 206. The molecular formula is C8H2F14O4S. The zero-order valence-electron chi connectivity index (χ0n) is 11.4.